The van der Waals surface area contributed by atoms with Crippen LogP contribution in [0.5, 0.6) is 5.75 Å². The van der Waals surface area contributed by atoms with Crippen molar-refractivity contribution in [2.24, 2.45) is 0 Å². The van der Waals surface area contributed by atoms with Gasteiger partial charge in [0.05, 0.1) is 23.2 Å². The van der Waals surface area contributed by atoms with E-state index in [2.05, 4.69) is 10.4 Å². The molecule has 1 fully saturated rings. The lowest BCUT2D eigenvalue weighted by molar-refractivity contribution is -0.118. The Bertz CT molecular complexity index is 1100. The molecule has 29 heavy (non-hydrogen) atoms. The van der Waals surface area contributed by atoms with Gasteiger partial charge in [-0.15, -0.1) is 0 Å². The number of para-hydroxylation sites is 1. The molecular weight excluding hydrogens is 390 g/mol. The summed E-state index contributed by atoms with van der Waals surface area (Å²) in [7, 11) is -3.09. The molecule has 1 aliphatic heterocycles. The quantitative estimate of drug-likeness (QED) is 0.674. The minimum Gasteiger partial charge on any atom is -0.484 e. The fourth-order valence-corrected chi connectivity index (χ4v) is 5.02. The molecule has 0 spiro atoms. The predicted molar refractivity (Wildman–Crippen MR) is 111 cm³/mol. The molecule has 3 aromatic rings. The zero-order valence-electron chi connectivity index (χ0n) is 15.7. The van der Waals surface area contributed by atoms with Gasteiger partial charge in [0.1, 0.15) is 11.6 Å². The van der Waals surface area contributed by atoms with Gasteiger partial charge in [-0.1, -0.05) is 48.5 Å². The molecule has 0 unspecified atom stereocenters. The van der Waals surface area contributed by atoms with Crippen LogP contribution < -0.4 is 10.1 Å². The Morgan fingerprint density at radius 1 is 1.10 bits per heavy atom. The van der Waals surface area contributed by atoms with E-state index in [0.29, 0.717) is 23.7 Å². The molecule has 1 N–H and O–H groups in total. The summed E-state index contributed by atoms with van der Waals surface area (Å²) in [5.41, 5.74) is 1.57. The van der Waals surface area contributed by atoms with Crippen LogP contribution in [0.3, 0.4) is 0 Å². The number of carbonyl (C=O) groups excluding carboxylic acids is 1. The van der Waals surface area contributed by atoms with E-state index < -0.39 is 9.84 Å². The number of amides is 1. The molecule has 8 heteroatoms. The molecular formula is C21H21N3O4S. The van der Waals surface area contributed by atoms with Gasteiger partial charge in [-0.05, 0) is 18.6 Å². The van der Waals surface area contributed by atoms with Crippen LogP contribution >= 0.6 is 0 Å². The number of anilines is 1. The molecule has 4 rings (SSSR count). The van der Waals surface area contributed by atoms with Crippen LogP contribution in [-0.2, 0) is 14.6 Å². The average molecular weight is 411 g/mol. The van der Waals surface area contributed by atoms with E-state index in [9.17, 15) is 13.2 Å². The van der Waals surface area contributed by atoms with Crippen LogP contribution in [0.4, 0.5) is 5.82 Å². The normalized spacial score (nSPS) is 17.7. The molecule has 1 atom stereocenters. The van der Waals surface area contributed by atoms with E-state index in [4.69, 9.17) is 4.74 Å². The van der Waals surface area contributed by atoms with Gasteiger partial charge in [0.15, 0.2) is 16.4 Å². The summed E-state index contributed by atoms with van der Waals surface area (Å²) in [6.45, 7) is -0.154. The molecule has 1 aliphatic rings. The second-order valence-electron chi connectivity index (χ2n) is 6.93. The summed E-state index contributed by atoms with van der Waals surface area (Å²) in [6.07, 6.45) is 0.474. The summed E-state index contributed by atoms with van der Waals surface area (Å²) in [5.74, 6) is 0.876. The Kier molecular flexibility index (Phi) is 5.35. The van der Waals surface area contributed by atoms with Gasteiger partial charge in [0, 0.05) is 11.6 Å². The molecule has 150 valence electrons. The number of aromatic nitrogens is 2. The van der Waals surface area contributed by atoms with Gasteiger partial charge in [0.25, 0.3) is 5.91 Å². The first-order chi connectivity index (χ1) is 14.0. The first-order valence-corrected chi connectivity index (χ1v) is 11.2. The molecule has 1 saturated heterocycles. The summed E-state index contributed by atoms with van der Waals surface area (Å²) >= 11 is 0. The Morgan fingerprint density at radius 3 is 2.45 bits per heavy atom. The third-order valence-electron chi connectivity index (χ3n) is 4.74. The Balaban J connectivity index is 1.55. The number of benzene rings is 2. The van der Waals surface area contributed by atoms with Gasteiger partial charge in [-0.25, -0.2) is 13.1 Å². The maximum atomic E-state index is 12.4. The highest BCUT2D eigenvalue weighted by Crippen LogP contribution is 2.30. The lowest BCUT2D eigenvalue weighted by Crippen LogP contribution is -2.23. The van der Waals surface area contributed by atoms with Crippen LogP contribution in [0.25, 0.3) is 11.3 Å². The summed E-state index contributed by atoms with van der Waals surface area (Å²) in [6, 6.07) is 20.1. The van der Waals surface area contributed by atoms with E-state index in [-0.39, 0.29) is 30.1 Å². The minimum absolute atomic E-state index is 0.0201. The lowest BCUT2D eigenvalue weighted by Gasteiger charge is -2.14. The van der Waals surface area contributed by atoms with Gasteiger partial charge >= 0.3 is 0 Å². The van der Waals surface area contributed by atoms with E-state index in [1.54, 1.807) is 22.9 Å². The van der Waals surface area contributed by atoms with Crippen molar-refractivity contribution in [1.82, 2.24) is 9.78 Å². The first kappa shape index (κ1) is 19.2. The SMILES string of the molecule is O=C(COc1ccccc1)Nc1cc(-c2ccccc2)nn1[C@H]1CCS(=O)(=O)C1. The highest BCUT2D eigenvalue weighted by molar-refractivity contribution is 7.91. The topological polar surface area (TPSA) is 90.3 Å². The van der Waals surface area contributed by atoms with Crippen LogP contribution in [0, 0.1) is 0 Å². The molecule has 1 aromatic heterocycles. The zero-order valence-corrected chi connectivity index (χ0v) is 16.5. The zero-order chi connectivity index (χ0) is 20.3. The predicted octanol–water partition coefficient (Wildman–Crippen LogP) is 2.93. The lowest BCUT2D eigenvalue weighted by atomic mass is 10.1. The number of ether oxygens (including phenoxy) is 1. The summed E-state index contributed by atoms with van der Waals surface area (Å²) in [4.78, 5) is 12.4. The highest BCUT2D eigenvalue weighted by atomic mass is 32.2. The molecule has 0 saturated carbocycles. The third kappa shape index (κ3) is 4.65. The van der Waals surface area contributed by atoms with Crippen molar-refractivity contribution in [3.05, 3.63) is 66.7 Å². The van der Waals surface area contributed by atoms with Crippen LogP contribution in [-0.4, -0.2) is 42.2 Å². The molecule has 7 nitrogen and oxygen atoms in total. The number of sulfone groups is 1. The van der Waals surface area contributed by atoms with Crippen molar-refractivity contribution in [3.8, 4) is 17.0 Å². The minimum atomic E-state index is -3.09. The number of nitrogens with zero attached hydrogens (tertiary/aromatic N) is 2. The molecule has 0 bridgehead atoms. The maximum Gasteiger partial charge on any atom is 0.263 e. The fraction of sp³-hybridized carbons (Fsp3) is 0.238. The van der Waals surface area contributed by atoms with E-state index in [1.807, 2.05) is 48.5 Å². The van der Waals surface area contributed by atoms with Crippen molar-refractivity contribution >= 4 is 21.6 Å². The van der Waals surface area contributed by atoms with Crippen molar-refractivity contribution in [2.75, 3.05) is 23.4 Å². The molecule has 1 amide bonds. The second kappa shape index (κ2) is 8.08. The van der Waals surface area contributed by atoms with Crippen LogP contribution in [0.2, 0.25) is 0 Å². The van der Waals surface area contributed by atoms with E-state index in [1.165, 1.54) is 0 Å². The molecule has 0 radical (unpaired) electrons. The van der Waals surface area contributed by atoms with E-state index in [0.717, 1.165) is 5.56 Å². The highest BCUT2D eigenvalue weighted by Gasteiger charge is 2.31. The largest absolute Gasteiger partial charge is 0.484 e. The number of hydrogen-bond acceptors (Lipinski definition) is 5. The summed E-state index contributed by atoms with van der Waals surface area (Å²) in [5, 5.41) is 7.41. The number of hydrogen-bond donors (Lipinski definition) is 1. The van der Waals surface area contributed by atoms with E-state index >= 15 is 0 Å². The van der Waals surface area contributed by atoms with Crippen molar-refractivity contribution < 1.29 is 17.9 Å². The molecule has 0 aliphatic carbocycles. The number of nitrogens with one attached hydrogen (secondary N) is 1. The van der Waals surface area contributed by atoms with Crippen molar-refractivity contribution in [2.45, 2.75) is 12.5 Å². The van der Waals surface area contributed by atoms with Gasteiger partial charge in [0.2, 0.25) is 0 Å². The van der Waals surface area contributed by atoms with Crippen molar-refractivity contribution in [3.63, 3.8) is 0 Å². The Labute approximate surface area is 169 Å². The number of carbonyl (C=O) groups is 1. The van der Waals surface area contributed by atoms with Gasteiger partial charge in [-0.3, -0.25) is 4.79 Å². The van der Waals surface area contributed by atoms with Gasteiger partial charge in [-0.2, -0.15) is 5.10 Å². The monoisotopic (exact) mass is 411 g/mol. The summed E-state index contributed by atoms with van der Waals surface area (Å²) < 4.78 is 31.0. The Morgan fingerprint density at radius 2 is 1.79 bits per heavy atom. The second-order valence-corrected chi connectivity index (χ2v) is 9.16. The van der Waals surface area contributed by atoms with Crippen LogP contribution in [0.1, 0.15) is 12.5 Å². The standard InChI is InChI=1S/C21H21N3O4S/c25-21(14-28-18-9-5-2-6-10-18)22-20-13-19(16-7-3-1-4-8-16)23-24(20)17-11-12-29(26,27)15-17/h1-10,13,17H,11-12,14-15H2,(H,22,25)/t17-/m0/s1. The molecule has 2 aromatic carbocycles. The number of rotatable bonds is 6. The first-order valence-electron chi connectivity index (χ1n) is 9.33. The average Bonchev–Trinajstić information content (AvgIpc) is 3.30. The fourth-order valence-electron chi connectivity index (χ4n) is 3.33. The smallest absolute Gasteiger partial charge is 0.263 e. The van der Waals surface area contributed by atoms with Gasteiger partial charge < -0.3 is 10.1 Å². The maximum absolute atomic E-state index is 12.4. The van der Waals surface area contributed by atoms with Crippen LogP contribution in [0.15, 0.2) is 66.7 Å². The Hall–Kier alpha value is -3.13. The third-order valence-corrected chi connectivity index (χ3v) is 6.49. The van der Waals surface area contributed by atoms with Crippen molar-refractivity contribution in [1.29, 1.82) is 0 Å². The molecule has 2 heterocycles.